The van der Waals surface area contributed by atoms with Gasteiger partial charge in [-0.25, -0.2) is 0 Å². The summed E-state index contributed by atoms with van der Waals surface area (Å²) >= 11 is 2.39. The summed E-state index contributed by atoms with van der Waals surface area (Å²) < 4.78 is 2.47. The molecule has 0 fully saturated rings. The minimum atomic E-state index is 0.561. The molecule has 0 aromatic carbocycles. The van der Waals surface area contributed by atoms with Gasteiger partial charge in [-0.2, -0.15) is 5.10 Å². The Balaban J connectivity index is 3.05. The number of aromatic nitrogens is 2. The maximum absolute atomic E-state index is 4.15. The van der Waals surface area contributed by atoms with Crippen LogP contribution in [0.2, 0.25) is 0 Å². The van der Waals surface area contributed by atoms with Gasteiger partial charge in [0.05, 0.1) is 6.20 Å². The van der Waals surface area contributed by atoms with Crippen molar-refractivity contribution in [1.29, 1.82) is 0 Å². The number of hydrogen-bond acceptors (Lipinski definition) is 1. The van der Waals surface area contributed by atoms with Gasteiger partial charge in [-0.3, -0.25) is 4.68 Å². The minimum absolute atomic E-state index is 0.561. The van der Waals surface area contributed by atoms with Crippen molar-refractivity contribution < 1.29 is 0 Å². The molecule has 1 unspecified atom stereocenters. The molecule has 0 radical (unpaired) electrons. The fourth-order valence-electron chi connectivity index (χ4n) is 0.906. The maximum atomic E-state index is 4.15. The molecule has 1 rings (SSSR count). The zero-order chi connectivity index (χ0) is 7.72. The van der Waals surface area contributed by atoms with Gasteiger partial charge in [-0.1, -0.05) is 22.6 Å². The molecule has 0 saturated heterocycles. The highest BCUT2D eigenvalue weighted by molar-refractivity contribution is 14.1. The van der Waals surface area contributed by atoms with Crippen LogP contribution in [0.1, 0.15) is 22.1 Å². The van der Waals surface area contributed by atoms with Crippen molar-refractivity contribution in [1.82, 2.24) is 9.78 Å². The number of halogens is 1. The topological polar surface area (TPSA) is 17.8 Å². The minimum Gasteiger partial charge on any atom is -0.273 e. The Bertz CT molecular complexity index is 228. The van der Waals surface area contributed by atoms with E-state index < -0.39 is 0 Å². The Labute approximate surface area is 74.8 Å². The molecule has 0 saturated carbocycles. The average molecular weight is 250 g/mol. The first-order valence-electron chi connectivity index (χ1n) is 3.25. The summed E-state index contributed by atoms with van der Waals surface area (Å²) in [6.45, 7) is 4.27. The Hall–Kier alpha value is -0.0600. The fraction of sp³-hybridized carbons (Fsp3) is 0.571. The van der Waals surface area contributed by atoms with Crippen LogP contribution in [0, 0.1) is 6.92 Å². The van der Waals surface area contributed by atoms with Crippen LogP contribution in [0.15, 0.2) is 6.20 Å². The summed E-state index contributed by atoms with van der Waals surface area (Å²) in [7, 11) is 1.97. The third-order valence-electron chi connectivity index (χ3n) is 1.70. The van der Waals surface area contributed by atoms with Gasteiger partial charge in [0.1, 0.15) is 0 Å². The van der Waals surface area contributed by atoms with E-state index in [0.29, 0.717) is 3.92 Å². The molecule has 2 nitrogen and oxygen atoms in total. The second-order valence-corrected chi connectivity index (χ2v) is 4.29. The average Bonchev–Trinajstić information content (AvgIpc) is 2.14. The Morgan fingerprint density at radius 1 is 1.70 bits per heavy atom. The molecule has 1 aromatic rings. The van der Waals surface area contributed by atoms with E-state index in [1.54, 1.807) is 0 Å². The van der Waals surface area contributed by atoms with E-state index in [9.17, 15) is 0 Å². The van der Waals surface area contributed by atoms with E-state index >= 15 is 0 Å². The van der Waals surface area contributed by atoms with Gasteiger partial charge >= 0.3 is 0 Å². The number of alkyl halides is 1. The third-order valence-corrected chi connectivity index (χ3v) is 2.37. The predicted octanol–water partition coefficient (Wildman–Crippen LogP) is 2.22. The smallest absolute Gasteiger partial charge is 0.0535 e. The van der Waals surface area contributed by atoms with Crippen molar-refractivity contribution in [2.45, 2.75) is 17.8 Å². The lowest BCUT2D eigenvalue weighted by molar-refractivity contribution is 0.738. The molecule has 0 aliphatic carbocycles. The van der Waals surface area contributed by atoms with Crippen molar-refractivity contribution in [2.75, 3.05) is 0 Å². The fourth-order valence-corrected chi connectivity index (χ4v) is 1.52. The molecule has 0 N–H and O–H groups in total. The number of hydrogen-bond donors (Lipinski definition) is 0. The van der Waals surface area contributed by atoms with Crippen LogP contribution in [0.3, 0.4) is 0 Å². The van der Waals surface area contributed by atoms with Gasteiger partial charge < -0.3 is 0 Å². The molecule has 56 valence electrons. The van der Waals surface area contributed by atoms with E-state index in [4.69, 9.17) is 0 Å². The Morgan fingerprint density at radius 3 is 2.50 bits per heavy atom. The van der Waals surface area contributed by atoms with E-state index in [1.165, 1.54) is 11.3 Å². The second kappa shape index (κ2) is 2.90. The van der Waals surface area contributed by atoms with Crippen LogP contribution in [0.5, 0.6) is 0 Å². The SMILES string of the molecule is Cc1c(C(C)I)cnn1C. The first-order valence-corrected chi connectivity index (χ1v) is 4.50. The first kappa shape index (κ1) is 8.04. The van der Waals surface area contributed by atoms with Crippen LogP contribution < -0.4 is 0 Å². The first-order chi connectivity index (χ1) is 4.63. The normalized spacial score (nSPS) is 13.6. The molecule has 1 heterocycles. The molecule has 3 heteroatoms. The summed E-state index contributed by atoms with van der Waals surface area (Å²) in [6, 6.07) is 0. The lowest BCUT2D eigenvalue weighted by Crippen LogP contribution is -1.93. The van der Waals surface area contributed by atoms with Crippen molar-refractivity contribution >= 4 is 22.6 Å². The summed E-state index contributed by atoms with van der Waals surface area (Å²) in [5.41, 5.74) is 2.60. The van der Waals surface area contributed by atoms with Gasteiger partial charge in [-0.15, -0.1) is 0 Å². The Morgan fingerprint density at radius 2 is 2.30 bits per heavy atom. The van der Waals surface area contributed by atoms with Gasteiger partial charge in [0, 0.05) is 22.2 Å². The van der Waals surface area contributed by atoms with Crippen LogP contribution in [0.25, 0.3) is 0 Å². The van der Waals surface area contributed by atoms with Crippen molar-refractivity contribution in [2.24, 2.45) is 7.05 Å². The highest BCUT2D eigenvalue weighted by Gasteiger charge is 2.07. The number of nitrogens with zero attached hydrogens (tertiary/aromatic N) is 2. The van der Waals surface area contributed by atoms with Crippen molar-refractivity contribution in [3.05, 3.63) is 17.5 Å². The molecule has 0 spiro atoms. The largest absolute Gasteiger partial charge is 0.273 e. The molecular weight excluding hydrogens is 239 g/mol. The number of rotatable bonds is 1. The lowest BCUT2D eigenvalue weighted by Gasteiger charge is -2.00. The molecule has 10 heavy (non-hydrogen) atoms. The van der Waals surface area contributed by atoms with E-state index in [2.05, 4.69) is 41.5 Å². The number of aryl methyl sites for hydroxylation is 1. The summed E-state index contributed by atoms with van der Waals surface area (Å²) in [4.78, 5) is 0. The van der Waals surface area contributed by atoms with Gasteiger partial charge in [0.2, 0.25) is 0 Å². The lowest BCUT2D eigenvalue weighted by atomic mass is 10.2. The quantitative estimate of drug-likeness (QED) is 0.552. The zero-order valence-corrected chi connectivity index (χ0v) is 8.58. The predicted molar refractivity (Wildman–Crippen MR) is 50.4 cm³/mol. The van der Waals surface area contributed by atoms with E-state index in [0.717, 1.165) is 0 Å². The van der Waals surface area contributed by atoms with Crippen LogP contribution in [-0.2, 0) is 7.05 Å². The molecule has 0 aliphatic rings. The van der Waals surface area contributed by atoms with Crippen LogP contribution in [0.4, 0.5) is 0 Å². The van der Waals surface area contributed by atoms with E-state index in [1.807, 2.05) is 17.9 Å². The maximum Gasteiger partial charge on any atom is 0.0535 e. The van der Waals surface area contributed by atoms with Crippen LogP contribution in [-0.4, -0.2) is 9.78 Å². The van der Waals surface area contributed by atoms with Crippen molar-refractivity contribution in [3.8, 4) is 0 Å². The third kappa shape index (κ3) is 1.33. The molecule has 1 aromatic heterocycles. The standard InChI is InChI=1S/C7H11IN2/c1-5(8)7-4-9-10(3)6(7)2/h4-5H,1-3H3. The summed E-state index contributed by atoms with van der Waals surface area (Å²) in [5.74, 6) is 0. The highest BCUT2D eigenvalue weighted by Crippen LogP contribution is 2.24. The van der Waals surface area contributed by atoms with E-state index in [-0.39, 0.29) is 0 Å². The monoisotopic (exact) mass is 250 g/mol. The summed E-state index contributed by atoms with van der Waals surface area (Å²) in [5, 5.41) is 4.15. The van der Waals surface area contributed by atoms with Gasteiger partial charge in [0.15, 0.2) is 0 Å². The molecule has 0 amide bonds. The van der Waals surface area contributed by atoms with Gasteiger partial charge in [0.25, 0.3) is 0 Å². The molecule has 1 atom stereocenters. The molecule has 0 bridgehead atoms. The highest BCUT2D eigenvalue weighted by atomic mass is 127. The van der Waals surface area contributed by atoms with Gasteiger partial charge in [-0.05, 0) is 13.8 Å². The zero-order valence-electron chi connectivity index (χ0n) is 6.43. The molecule has 0 aliphatic heterocycles. The second-order valence-electron chi connectivity index (χ2n) is 2.42. The summed E-state index contributed by atoms with van der Waals surface area (Å²) in [6.07, 6.45) is 1.94. The van der Waals surface area contributed by atoms with Crippen LogP contribution >= 0.6 is 22.6 Å². The molecular formula is C7H11IN2. The Kier molecular flexibility index (Phi) is 2.33. The van der Waals surface area contributed by atoms with Crippen molar-refractivity contribution in [3.63, 3.8) is 0 Å².